The number of aryl methyl sites for hydroxylation is 1. The van der Waals surface area contributed by atoms with Gasteiger partial charge in [-0.25, -0.2) is 4.98 Å². The minimum absolute atomic E-state index is 0.184. The van der Waals surface area contributed by atoms with Crippen LogP contribution in [0.5, 0.6) is 0 Å². The number of benzene rings is 1. The van der Waals surface area contributed by atoms with Crippen molar-refractivity contribution in [1.29, 1.82) is 0 Å². The van der Waals surface area contributed by atoms with Crippen molar-refractivity contribution in [3.63, 3.8) is 0 Å². The molecule has 1 saturated heterocycles. The second kappa shape index (κ2) is 8.29. The average Bonchev–Trinajstić information content (AvgIpc) is 3.38. The number of carbonyl (C=O) groups excluding carboxylic acids is 1. The normalized spacial score (nSPS) is 15.1. The number of likely N-dealkylation sites (N-methyl/N-ethyl adjacent to an activating group) is 1. The molecule has 2 aromatic heterocycles. The first kappa shape index (κ1) is 18.9. The molecule has 6 heteroatoms. The molecule has 0 spiro atoms. The van der Waals surface area contributed by atoms with E-state index in [1.807, 2.05) is 27.8 Å². The molecule has 146 valence electrons. The van der Waals surface area contributed by atoms with Gasteiger partial charge in [0.25, 0.3) is 0 Å². The van der Waals surface area contributed by atoms with Crippen molar-refractivity contribution < 1.29 is 4.79 Å². The van der Waals surface area contributed by atoms with Crippen molar-refractivity contribution in [2.24, 2.45) is 0 Å². The molecule has 0 N–H and O–H groups in total. The van der Waals surface area contributed by atoms with Crippen LogP contribution in [-0.2, 0) is 11.3 Å². The highest BCUT2D eigenvalue weighted by Crippen LogP contribution is 2.29. The van der Waals surface area contributed by atoms with Crippen LogP contribution in [-0.4, -0.2) is 58.0 Å². The van der Waals surface area contributed by atoms with E-state index >= 15 is 0 Å². The lowest BCUT2D eigenvalue weighted by atomic mass is 10.1. The molecule has 0 atom stereocenters. The monoisotopic (exact) mass is 394 g/mol. The van der Waals surface area contributed by atoms with Crippen LogP contribution in [0.4, 0.5) is 0 Å². The number of hydrogen-bond donors (Lipinski definition) is 0. The SMILES string of the molecule is CCN1CCN(C(=O)Cn2cccc2-c2nc(-c3ccc(C)cc3)cs2)CC1. The third kappa shape index (κ3) is 4.03. The first-order valence-corrected chi connectivity index (χ1v) is 10.7. The van der Waals surface area contributed by atoms with Crippen LogP contribution < -0.4 is 0 Å². The van der Waals surface area contributed by atoms with E-state index in [4.69, 9.17) is 4.98 Å². The van der Waals surface area contributed by atoms with Crippen LogP contribution in [0.2, 0.25) is 0 Å². The van der Waals surface area contributed by atoms with Gasteiger partial charge in [0.15, 0.2) is 0 Å². The number of aromatic nitrogens is 2. The lowest BCUT2D eigenvalue weighted by molar-refractivity contribution is -0.133. The van der Waals surface area contributed by atoms with Gasteiger partial charge in [0.1, 0.15) is 11.6 Å². The van der Waals surface area contributed by atoms with Crippen molar-refractivity contribution >= 4 is 17.2 Å². The predicted octanol–water partition coefficient (Wildman–Crippen LogP) is 3.75. The number of nitrogens with zero attached hydrogens (tertiary/aromatic N) is 4. The van der Waals surface area contributed by atoms with E-state index in [0.717, 1.165) is 54.7 Å². The topological polar surface area (TPSA) is 41.4 Å². The molecule has 1 aliphatic rings. The Balaban J connectivity index is 1.47. The zero-order valence-corrected chi connectivity index (χ0v) is 17.3. The van der Waals surface area contributed by atoms with Gasteiger partial charge in [0.2, 0.25) is 5.91 Å². The summed E-state index contributed by atoms with van der Waals surface area (Å²) in [5.41, 5.74) is 4.35. The molecule has 0 aliphatic carbocycles. The minimum Gasteiger partial charge on any atom is -0.339 e. The molecular formula is C22H26N4OS. The first-order chi connectivity index (χ1) is 13.6. The fourth-order valence-electron chi connectivity index (χ4n) is 3.55. The Morgan fingerprint density at radius 3 is 2.57 bits per heavy atom. The third-order valence-corrected chi connectivity index (χ3v) is 6.24. The lowest BCUT2D eigenvalue weighted by Crippen LogP contribution is -2.49. The molecule has 0 unspecified atom stereocenters. The van der Waals surface area contributed by atoms with Crippen molar-refractivity contribution in [2.45, 2.75) is 20.4 Å². The van der Waals surface area contributed by atoms with Crippen molar-refractivity contribution in [2.75, 3.05) is 32.7 Å². The molecule has 28 heavy (non-hydrogen) atoms. The third-order valence-electron chi connectivity index (χ3n) is 5.38. The molecule has 0 saturated carbocycles. The van der Waals surface area contributed by atoms with Crippen LogP contribution in [0.15, 0.2) is 48.0 Å². The van der Waals surface area contributed by atoms with E-state index in [9.17, 15) is 4.79 Å². The van der Waals surface area contributed by atoms with Gasteiger partial charge in [-0.3, -0.25) is 4.79 Å². The Labute approximate surface area is 170 Å². The highest BCUT2D eigenvalue weighted by molar-refractivity contribution is 7.13. The Morgan fingerprint density at radius 1 is 1.11 bits per heavy atom. The number of carbonyl (C=O) groups is 1. The summed E-state index contributed by atoms with van der Waals surface area (Å²) >= 11 is 1.62. The Kier molecular flexibility index (Phi) is 5.59. The second-order valence-electron chi connectivity index (χ2n) is 7.24. The second-order valence-corrected chi connectivity index (χ2v) is 8.10. The summed E-state index contributed by atoms with van der Waals surface area (Å²) in [7, 11) is 0. The fourth-order valence-corrected chi connectivity index (χ4v) is 4.42. The number of hydrogen-bond acceptors (Lipinski definition) is 4. The van der Waals surface area contributed by atoms with Crippen LogP contribution in [0.3, 0.4) is 0 Å². The van der Waals surface area contributed by atoms with Gasteiger partial charge in [0.05, 0.1) is 11.4 Å². The Morgan fingerprint density at radius 2 is 1.86 bits per heavy atom. The number of piperazine rings is 1. The molecule has 1 fully saturated rings. The smallest absolute Gasteiger partial charge is 0.242 e. The molecule has 1 aliphatic heterocycles. The molecule has 3 aromatic rings. The van der Waals surface area contributed by atoms with Crippen LogP contribution in [0, 0.1) is 6.92 Å². The Bertz CT molecular complexity index is 936. The molecule has 5 nitrogen and oxygen atoms in total. The van der Waals surface area contributed by atoms with E-state index in [1.54, 1.807) is 11.3 Å². The molecule has 0 bridgehead atoms. The van der Waals surface area contributed by atoms with Gasteiger partial charge in [-0.05, 0) is 25.6 Å². The van der Waals surface area contributed by atoms with Crippen molar-refractivity contribution in [1.82, 2.24) is 19.4 Å². The van der Waals surface area contributed by atoms with Gasteiger partial charge in [-0.15, -0.1) is 11.3 Å². The molecule has 0 radical (unpaired) electrons. The summed E-state index contributed by atoms with van der Waals surface area (Å²) in [6, 6.07) is 12.5. The maximum atomic E-state index is 12.8. The van der Waals surface area contributed by atoms with E-state index in [-0.39, 0.29) is 5.91 Å². The van der Waals surface area contributed by atoms with E-state index in [0.29, 0.717) is 6.54 Å². The number of thiazole rings is 1. The quantitative estimate of drug-likeness (QED) is 0.662. The van der Waals surface area contributed by atoms with E-state index in [2.05, 4.69) is 48.4 Å². The zero-order chi connectivity index (χ0) is 19.5. The average molecular weight is 395 g/mol. The lowest BCUT2D eigenvalue weighted by Gasteiger charge is -2.34. The first-order valence-electron chi connectivity index (χ1n) is 9.82. The van der Waals surface area contributed by atoms with E-state index in [1.165, 1.54) is 5.56 Å². The molecule has 3 heterocycles. The number of amides is 1. The fraction of sp³-hybridized carbons (Fsp3) is 0.364. The predicted molar refractivity (Wildman–Crippen MR) is 114 cm³/mol. The maximum absolute atomic E-state index is 12.8. The molecule has 4 rings (SSSR count). The van der Waals surface area contributed by atoms with Gasteiger partial charge < -0.3 is 14.4 Å². The summed E-state index contributed by atoms with van der Waals surface area (Å²) in [5.74, 6) is 0.184. The van der Waals surface area contributed by atoms with Gasteiger partial charge >= 0.3 is 0 Å². The molecule has 1 aromatic carbocycles. The summed E-state index contributed by atoms with van der Waals surface area (Å²) in [5, 5.41) is 3.03. The van der Waals surface area contributed by atoms with E-state index < -0.39 is 0 Å². The highest BCUT2D eigenvalue weighted by Gasteiger charge is 2.21. The van der Waals surface area contributed by atoms with Gasteiger partial charge in [-0.2, -0.15) is 0 Å². The standard InChI is InChI=1S/C22H26N4OS/c1-3-24-11-13-25(14-12-24)21(27)15-26-10-4-5-20(26)22-23-19(16-28-22)18-8-6-17(2)7-9-18/h4-10,16H,3,11-15H2,1-2H3. The van der Waals surface area contributed by atoms with Crippen LogP contribution >= 0.6 is 11.3 Å². The van der Waals surface area contributed by atoms with Crippen molar-refractivity contribution in [3.8, 4) is 22.0 Å². The Hall–Kier alpha value is -2.44. The zero-order valence-electron chi connectivity index (χ0n) is 16.5. The molecular weight excluding hydrogens is 368 g/mol. The largest absolute Gasteiger partial charge is 0.339 e. The molecule has 1 amide bonds. The summed E-state index contributed by atoms with van der Waals surface area (Å²) in [4.78, 5) is 22.0. The minimum atomic E-state index is 0.184. The van der Waals surface area contributed by atoms with Crippen LogP contribution in [0.25, 0.3) is 22.0 Å². The van der Waals surface area contributed by atoms with Gasteiger partial charge in [0, 0.05) is 43.3 Å². The summed E-state index contributed by atoms with van der Waals surface area (Å²) in [6.07, 6.45) is 1.97. The van der Waals surface area contributed by atoms with Gasteiger partial charge in [-0.1, -0.05) is 36.8 Å². The summed E-state index contributed by atoms with van der Waals surface area (Å²) < 4.78 is 2.02. The highest BCUT2D eigenvalue weighted by atomic mass is 32.1. The maximum Gasteiger partial charge on any atom is 0.242 e. The summed E-state index contributed by atoms with van der Waals surface area (Å²) in [6.45, 7) is 9.24. The van der Waals surface area contributed by atoms with Crippen molar-refractivity contribution in [3.05, 3.63) is 53.5 Å². The number of rotatable bonds is 5. The van der Waals surface area contributed by atoms with Crippen LogP contribution in [0.1, 0.15) is 12.5 Å².